The van der Waals surface area contributed by atoms with Gasteiger partial charge in [-0.05, 0) is 17.5 Å². The highest BCUT2D eigenvalue weighted by molar-refractivity contribution is 5.94. The molecular formula is C12H16O4. The maximum absolute atomic E-state index is 11.2. The molecule has 0 unspecified atom stereocenters. The largest absolute Gasteiger partial charge is 0.493 e. The second-order valence-corrected chi connectivity index (χ2v) is 3.73. The predicted molar refractivity (Wildman–Crippen MR) is 60.6 cm³/mol. The van der Waals surface area contributed by atoms with Crippen LogP contribution in [-0.2, 0) is 0 Å². The molecule has 16 heavy (non-hydrogen) atoms. The summed E-state index contributed by atoms with van der Waals surface area (Å²) in [5.74, 6) is -0.171. The topological polar surface area (TPSA) is 55.8 Å². The van der Waals surface area contributed by atoms with Crippen molar-refractivity contribution < 1.29 is 19.4 Å². The molecule has 0 radical (unpaired) electrons. The van der Waals surface area contributed by atoms with Crippen LogP contribution < -0.4 is 9.47 Å². The van der Waals surface area contributed by atoms with E-state index in [0.29, 0.717) is 5.75 Å². The highest BCUT2D eigenvalue weighted by Gasteiger charge is 2.21. The third-order valence-electron chi connectivity index (χ3n) is 2.41. The number of benzene rings is 1. The number of carboxylic acids is 1. The van der Waals surface area contributed by atoms with E-state index in [2.05, 4.69) is 0 Å². The predicted octanol–water partition coefficient (Wildman–Crippen LogP) is 2.53. The van der Waals surface area contributed by atoms with Gasteiger partial charge in [0.05, 0.1) is 14.2 Å². The van der Waals surface area contributed by atoms with E-state index in [4.69, 9.17) is 9.47 Å². The molecule has 0 saturated heterocycles. The summed E-state index contributed by atoms with van der Waals surface area (Å²) in [6.07, 6.45) is 0. The van der Waals surface area contributed by atoms with Crippen molar-refractivity contribution in [2.45, 2.75) is 19.8 Å². The number of aromatic carboxylic acids is 1. The van der Waals surface area contributed by atoms with Crippen molar-refractivity contribution in [2.75, 3.05) is 14.2 Å². The normalized spacial score (nSPS) is 10.3. The van der Waals surface area contributed by atoms with E-state index < -0.39 is 5.97 Å². The lowest BCUT2D eigenvalue weighted by molar-refractivity contribution is 0.0691. The Morgan fingerprint density at radius 1 is 1.25 bits per heavy atom. The van der Waals surface area contributed by atoms with Crippen molar-refractivity contribution >= 4 is 5.97 Å². The average Bonchev–Trinajstić information content (AvgIpc) is 2.26. The molecule has 1 rings (SSSR count). The first-order valence-electron chi connectivity index (χ1n) is 5.01. The zero-order valence-electron chi connectivity index (χ0n) is 9.90. The van der Waals surface area contributed by atoms with Gasteiger partial charge in [0.2, 0.25) is 0 Å². The van der Waals surface area contributed by atoms with Crippen LogP contribution in [0.2, 0.25) is 0 Å². The van der Waals surface area contributed by atoms with Crippen molar-refractivity contribution in [2.24, 2.45) is 0 Å². The molecule has 1 N–H and O–H groups in total. The molecule has 0 amide bonds. The fourth-order valence-electron chi connectivity index (χ4n) is 1.64. The van der Waals surface area contributed by atoms with Gasteiger partial charge in [0.15, 0.2) is 11.5 Å². The van der Waals surface area contributed by atoms with E-state index in [1.54, 1.807) is 12.1 Å². The van der Waals surface area contributed by atoms with Crippen LogP contribution in [0.25, 0.3) is 0 Å². The Morgan fingerprint density at radius 2 is 1.88 bits per heavy atom. The molecule has 0 aliphatic rings. The van der Waals surface area contributed by atoms with Crippen LogP contribution in [0.15, 0.2) is 12.1 Å². The molecule has 1 aromatic rings. The molecule has 0 aliphatic carbocycles. The highest BCUT2D eigenvalue weighted by Crippen LogP contribution is 2.36. The van der Waals surface area contributed by atoms with E-state index >= 15 is 0 Å². The highest BCUT2D eigenvalue weighted by atomic mass is 16.5. The number of hydrogen-bond acceptors (Lipinski definition) is 3. The Balaban J connectivity index is 3.50. The molecule has 1 aromatic carbocycles. The summed E-state index contributed by atoms with van der Waals surface area (Å²) >= 11 is 0. The quantitative estimate of drug-likeness (QED) is 0.853. The monoisotopic (exact) mass is 224 g/mol. The third kappa shape index (κ3) is 2.10. The second kappa shape index (κ2) is 4.88. The van der Waals surface area contributed by atoms with Crippen molar-refractivity contribution in [3.05, 3.63) is 23.3 Å². The molecule has 0 spiro atoms. The van der Waals surface area contributed by atoms with E-state index in [0.717, 1.165) is 5.56 Å². The first-order valence-corrected chi connectivity index (χ1v) is 5.01. The number of carbonyl (C=O) groups is 1. The summed E-state index contributed by atoms with van der Waals surface area (Å²) in [6.45, 7) is 3.88. The molecule has 0 atom stereocenters. The van der Waals surface area contributed by atoms with Gasteiger partial charge in [-0.25, -0.2) is 4.79 Å². The lowest BCUT2D eigenvalue weighted by Crippen LogP contribution is -2.08. The zero-order valence-corrected chi connectivity index (χ0v) is 9.90. The third-order valence-corrected chi connectivity index (χ3v) is 2.41. The SMILES string of the molecule is COc1ccc(C(C)C)c(C(=O)O)c1OC. The summed E-state index contributed by atoms with van der Waals surface area (Å²) in [5, 5.41) is 9.21. The van der Waals surface area contributed by atoms with Crippen LogP contribution in [0.5, 0.6) is 11.5 Å². The number of hydrogen-bond donors (Lipinski definition) is 1. The van der Waals surface area contributed by atoms with Crippen LogP contribution in [0.1, 0.15) is 35.7 Å². The Labute approximate surface area is 94.8 Å². The minimum atomic E-state index is -1.00. The molecule has 0 bridgehead atoms. The Morgan fingerprint density at radius 3 is 2.25 bits per heavy atom. The Hall–Kier alpha value is -1.71. The number of carboxylic acid groups (broad SMARTS) is 1. The molecule has 4 nitrogen and oxygen atoms in total. The van der Waals surface area contributed by atoms with Gasteiger partial charge >= 0.3 is 5.97 Å². The van der Waals surface area contributed by atoms with Crippen molar-refractivity contribution in [1.82, 2.24) is 0 Å². The molecule has 4 heteroatoms. The van der Waals surface area contributed by atoms with Crippen LogP contribution in [0, 0.1) is 0 Å². The number of rotatable bonds is 4. The smallest absolute Gasteiger partial charge is 0.339 e. The van der Waals surface area contributed by atoms with E-state index in [1.165, 1.54) is 14.2 Å². The molecule has 0 aliphatic heterocycles. The Bertz CT molecular complexity index is 396. The minimum absolute atomic E-state index is 0.117. The Kier molecular flexibility index (Phi) is 3.77. The van der Waals surface area contributed by atoms with E-state index in [9.17, 15) is 9.90 Å². The van der Waals surface area contributed by atoms with Gasteiger partial charge < -0.3 is 14.6 Å². The molecule has 0 aromatic heterocycles. The van der Waals surface area contributed by atoms with Crippen LogP contribution in [0.3, 0.4) is 0 Å². The summed E-state index contributed by atoms with van der Waals surface area (Å²) in [6, 6.07) is 3.48. The van der Waals surface area contributed by atoms with Crippen molar-refractivity contribution in [1.29, 1.82) is 0 Å². The van der Waals surface area contributed by atoms with Gasteiger partial charge in [0.25, 0.3) is 0 Å². The van der Waals surface area contributed by atoms with Gasteiger partial charge in [0, 0.05) is 0 Å². The summed E-state index contributed by atoms with van der Waals surface area (Å²) < 4.78 is 10.2. The summed E-state index contributed by atoms with van der Waals surface area (Å²) in [7, 11) is 2.92. The van der Waals surface area contributed by atoms with E-state index in [1.807, 2.05) is 13.8 Å². The van der Waals surface area contributed by atoms with Crippen molar-refractivity contribution in [3.8, 4) is 11.5 Å². The molecule has 88 valence electrons. The molecular weight excluding hydrogens is 208 g/mol. The average molecular weight is 224 g/mol. The first-order chi connectivity index (χ1) is 7.52. The van der Waals surface area contributed by atoms with Crippen LogP contribution in [-0.4, -0.2) is 25.3 Å². The number of ether oxygens (including phenoxy) is 2. The second-order valence-electron chi connectivity index (χ2n) is 3.73. The van der Waals surface area contributed by atoms with Crippen LogP contribution in [0.4, 0.5) is 0 Å². The van der Waals surface area contributed by atoms with E-state index in [-0.39, 0.29) is 17.2 Å². The standard InChI is InChI=1S/C12H16O4/c1-7(2)8-5-6-9(15-3)11(16-4)10(8)12(13)14/h5-7H,1-4H3,(H,13,14). The first kappa shape index (κ1) is 12.4. The molecule has 0 fully saturated rings. The lowest BCUT2D eigenvalue weighted by atomic mass is 9.96. The molecule has 0 heterocycles. The van der Waals surface area contributed by atoms with Gasteiger partial charge in [-0.15, -0.1) is 0 Å². The minimum Gasteiger partial charge on any atom is -0.493 e. The lowest BCUT2D eigenvalue weighted by Gasteiger charge is -2.16. The maximum Gasteiger partial charge on any atom is 0.339 e. The zero-order chi connectivity index (χ0) is 12.3. The van der Waals surface area contributed by atoms with Gasteiger partial charge in [-0.2, -0.15) is 0 Å². The number of methoxy groups -OCH3 is 2. The van der Waals surface area contributed by atoms with Crippen LogP contribution >= 0.6 is 0 Å². The summed E-state index contributed by atoms with van der Waals surface area (Å²) in [4.78, 5) is 11.2. The molecule has 0 saturated carbocycles. The van der Waals surface area contributed by atoms with Gasteiger partial charge in [0.1, 0.15) is 5.56 Å². The van der Waals surface area contributed by atoms with Gasteiger partial charge in [-0.3, -0.25) is 0 Å². The summed E-state index contributed by atoms with van der Waals surface area (Å²) in [5.41, 5.74) is 0.919. The maximum atomic E-state index is 11.2. The van der Waals surface area contributed by atoms with Gasteiger partial charge in [-0.1, -0.05) is 19.9 Å². The van der Waals surface area contributed by atoms with Crippen molar-refractivity contribution in [3.63, 3.8) is 0 Å². The fourth-order valence-corrected chi connectivity index (χ4v) is 1.64. The fraction of sp³-hybridized carbons (Fsp3) is 0.417.